The SMILES string of the molecule is CN1CC(c2ccc(C=CC(=O)Nc3ccccc3N)c(F)c2)C(C(O)Nc2ccc(Cl)cc2)C1. The third-order valence-corrected chi connectivity index (χ3v) is 6.45. The van der Waals surface area contributed by atoms with Crippen molar-refractivity contribution in [2.45, 2.75) is 12.1 Å². The Morgan fingerprint density at radius 3 is 2.63 bits per heavy atom. The van der Waals surface area contributed by atoms with Gasteiger partial charge in [0, 0.05) is 47.3 Å². The van der Waals surface area contributed by atoms with Crippen molar-refractivity contribution in [2.75, 3.05) is 36.5 Å². The van der Waals surface area contributed by atoms with E-state index in [1.54, 1.807) is 42.5 Å². The minimum Gasteiger partial charge on any atom is -0.397 e. The molecule has 1 aliphatic rings. The van der Waals surface area contributed by atoms with Crippen LogP contribution in [0.3, 0.4) is 0 Å². The number of anilines is 3. The molecule has 3 unspecified atom stereocenters. The lowest BCUT2D eigenvalue weighted by molar-refractivity contribution is -0.111. The molecule has 4 rings (SSSR count). The Labute approximate surface area is 209 Å². The van der Waals surface area contributed by atoms with Crippen LogP contribution in [0.4, 0.5) is 21.5 Å². The van der Waals surface area contributed by atoms with Crippen LogP contribution in [0.2, 0.25) is 5.02 Å². The van der Waals surface area contributed by atoms with Crippen LogP contribution in [-0.2, 0) is 4.79 Å². The maximum Gasteiger partial charge on any atom is 0.248 e. The summed E-state index contributed by atoms with van der Waals surface area (Å²) in [5.41, 5.74) is 8.65. The summed E-state index contributed by atoms with van der Waals surface area (Å²) in [4.78, 5) is 14.3. The molecule has 35 heavy (non-hydrogen) atoms. The first-order valence-corrected chi connectivity index (χ1v) is 11.7. The molecule has 5 N–H and O–H groups in total. The van der Waals surface area contributed by atoms with Gasteiger partial charge in [-0.1, -0.05) is 35.9 Å². The Morgan fingerprint density at radius 1 is 1.17 bits per heavy atom. The molecule has 0 aromatic heterocycles. The second-order valence-corrected chi connectivity index (χ2v) is 9.21. The summed E-state index contributed by atoms with van der Waals surface area (Å²) >= 11 is 5.94. The fourth-order valence-electron chi connectivity index (χ4n) is 4.39. The summed E-state index contributed by atoms with van der Waals surface area (Å²) < 4.78 is 14.9. The van der Waals surface area contributed by atoms with Crippen LogP contribution in [-0.4, -0.2) is 42.3 Å². The highest BCUT2D eigenvalue weighted by Gasteiger charge is 2.37. The van der Waals surface area contributed by atoms with Gasteiger partial charge in [0.05, 0.1) is 11.4 Å². The lowest BCUT2D eigenvalue weighted by Gasteiger charge is -2.26. The van der Waals surface area contributed by atoms with Crippen LogP contribution in [0.15, 0.2) is 72.8 Å². The van der Waals surface area contributed by atoms with Crippen LogP contribution in [0, 0.1) is 11.7 Å². The van der Waals surface area contributed by atoms with E-state index in [0.717, 1.165) is 11.3 Å². The maximum absolute atomic E-state index is 14.9. The van der Waals surface area contributed by atoms with Crippen molar-refractivity contribution in [3.63, 3.8) is 0 Å². The number of amides is 1. The van der Waals surface area contributed by atoms with E-state index in [4.69, 9.17) is 17.3 Å². The van der Waals surface area contributed by atoms with Crippen molar-refractivity contribution in [1.29, 1.82) is 0 Å². The van der Waals surface area contributed by atoms with E-state index < -0.39 is 18.0 Å². The normalized spacial score (nSPS) is 19.1. The van der Waals surface area contributed by atoms with Crippen molar-refractivity contribution >= 4 is 40.6 Å². The number of rotatable bonds is 7. The molecule has 0 spiro atoms. The largest absolute Gasteiger partial charge is 0.397 e. The first-order valence-electron chi connectivity index (χ1n) is 11.3. The number of aliphatic hydroxyl groups excluding tert-OH is 1. The van der Waals surface area contributed by atoms with Gasteiger partial charge >= 0.3 is 0 Å². The quantitative estimate of drug-likeness (QED) is 0.215. The highest BCUT2D eigenvalue weighted by molar-refractivity contribution is 6.30. The molecule has 8 heteroatoms. The van der Waals surface area contributed by atoms with Gasteiger partial charge in [-0.3, -0.25) is 4.79 Å². The van der Waals surface area contributed by atoms with E-state index >= 15 is 0 Å². The molecule has 3 aromatic rings. The number of hydrogen-bond donors (Lipinski definition) is 4. The van der Waals surface area contributed by atoms with E-state index in [1.807, 2.05) is 25.2 Å². The Kier molecular flexibility index (Phi) is 7.70. The van der Waals surface area contributed by atoms with Crippen molar-refractivity contribution < 1.29 is 14.3 Å². The van der Waals surface area contributed by atoms with Crippen molar-refractivity contribution in [3.05, 3.63) is 94.8 Å². The molecular weight excluding hydrogens is 467 g/mol. The van der Waals surface area contributed by atoms with Gasteiger partial charge in [0.2, 0.25) is 5.91 Å². The number of likely N-dealkylation sites (N-methyl/N-ethyl adjacent to an activating group) is 1. The van der Waals surface area contributed by atoms with Crippen molar-refractivity contribution in [2.24, 2.45) is 5.92 Å². The minimum atomic E-state index is -0.817. The molecule has 6 nitrogen and oxygen atoms in total. The van der Waals surface area contributed by atoms with Gasteiger partial charge in [-0.05, 0) is 61.2 Å². The number of benzene rings is 3. The van der Waals surface area contributed by atoms with Gasteiger partial charge in [-0.2, -0.15) is 0 Å². The first-order chi connectivity index (χ1) is 16.8. The lowest BCUT2D eigenvalue weighted by atomic mass is 9.87. The number of halogens is 2. The Hall–Kier alpha value is -3.39. The zero-order valence-electron chi connectivity index (χ0n) is 19.3. The first kappa shape index (κ1) is 24.7. The number of carbonyl (C=O) groups is 1. The van der Waals surface area contributed by atoms with Crippen LogP contribution >= 0.6 is 11.6 Å². The lowest BCUT2D eigenvalue weighted by Crippen LogP contribution is -2.33. The highest BCUT2D eigenvalue weighted by atomic mass is 35.5. The Balaban J connectivity index is 1.45. The average molecular weight is 495 g/mol. The predicted octanol–water partition coefficient (Wildman–Crippen LogP) is 4.79. The van der Waals surface area contributed by atoms with Crippen LogP contribution in [0.25, 0.3) is 6.08 Å². The van der Waals surface area contributed by atoms with Gasteiger partial charge in [-0.15, -0.1) is 0 Å². The topological polar surface area (TPSA) is 90.6 Å². The van der Waals surface area contributed by atoms with E-state index in [9.17, 15) is 14.3 Å². The zero-order valence-corrected chi connectivity index (χ0v) is 20.0. The molecule has 1 fully saturated rings. The van der Waals surface area contributed by atoms with Crippen molar-refractivity contribution in [1.82, 2.24) is 4.90 Å². The third-order valence-electron chi connectivity index (χ3n) is 6.20. The van der Waals surface area contributed by atoms with Crippen LogP contribution in [0.5, 0.6) is 0 Å². The van der Waals surface area contributed by atoms with Gasteiger partial charge in [-0.25, -0.2) is 4.39 Å². The summed E-state index contributed by atoms with van der Waals surface area (Å²) in [7, 11) is 1.98. The molecule has 1 saturated heterocycles. The van der Waals surface area contributed by atoms with Crippen LogP contribution in [0.1, 0.15) is 17.0 Å². The summed E-state index contributed by atoms with van der Waals surface area (Å²) in [5, 5.41) is 17.3. The number of likely N-dealkylation sites (tertiary alicyclic amines) is 1. The zero-order chi connectivity index (χ0) is 24.9. The number of aliphatic hydroxyl groups is 1. The van der Waals surface area contributed by atoms with Crippen LogP contribution < -0.4 is 16.4 Å². The van der Waals surface area contributed by atoms with E-state index in [0.29, 0.717) is 35.1 Å². The summed E-state index contributed by atoms with van der Waals surface area (Å²) in [5.74, 6) is -1.04. The van der Waals surface area contributed by atoms with Gasteiger partial charge in [0.1, 0.15) is 12.0 Å². The number of nitrogen functional groups attached to an aromatic ring is 1. The maximum atomic E-state index is 14.9. The highest BCUT2D eigenvalue weighted by Crippen LogP contribution is 2.35. The molecule has 0 aliphatic carbocycles. The molecule has 1 aliphatic heterocycles. The number of nitrogens with two attached hydrogens (primary N) is 1. The van der Waals surface area contributed by atoms with Gasteiger partial charge < -0.3 is 26.4 Å². The third kappa shape index (κ3) is 6.19. The molecule has 3 atom stereocenters. The Bertz CT molecular complexity index is 1220. The molecule has 0 radical (unpaired) electrons. The fourth-order valence-corrected chi connectivity index (χ4v) is 4.52. The number of hydrogen-bond acceptors (Lipinski definition) is 5. The van der Waals surface area contributed by atoms with Gasteiger partial charge in [0.15, 0.2) is 0 Å². The molecule has 1 heterocycles. The standard InChI is InChI=1S/C27H28ClFN4O2/c1-33-15-21(22(16-33)27(35)31-20-11-9-19(28)10-12-20)18-7-6-17(23(29)14-18)8-13-26(34)32-25-5-3-2-4-24(25)30/h2-14,21-22,27,31,35H,15-16,30H2,1H3,(H,32,34). The van der Waals surface area contributed by atoms with Gasteiger partial charge in [0.25, 0.3) is 0 Å². The monoisotopic (exact) mass is 494 g/mol. The molecule has 0 bridgehead atoms. The summed E-state index contributed by atoms with van der Waals surface area (Å²) in [6.45, 7) is 1.36. The molecule has 1 amide bonds. The number of para-hydroxylation sites is 2. The molecule has 3 aromatic carbocycles. The second kappa shape index (κ2) is 10.9. The number of nitrogens with one attached hydrogen (secondary N) is 2. The summed E-state index contributed by atoms with van der Waals surface area (Å²) in [6.07, 6.45) is 1.89. The van der Waals surface area contributed by atoms with E-state index in [1.165, 1.54) is 18.2 Å². The summed E-state index contributed by atoms with van der Waals surface area (Å²) in [6, 6.07) is 19.0. The smallest absolute Gasteiger partial charge is 0.248 e. The molecule has 0 saturated carbocycles. The number of carbonyl (C=O) groups excluding carboxylic acids is 1. The van der Waals surface area contributed by atoms with Crippen molar-refractivity contribution in [3.8, 4) is 0 Å². The molecule has 182 valence electrons. The Morgan fingerprint density at radius 2 is 1.91 bits per heavy atom. The average Bonchev–Trinajstić information content (AvgIpc) is 3.23. The fraction of sp³-hybridized carbons (Fsp3) is 0.222. The van der Waals surface area contributed by atoms with E-state index in [2.05, 4.69) is 15.5 Å². The molecular formula is C27H28ClFN4O2. The second-order valence-electron chi connectivity index (χ2n) is 8.78. The predicted molar refractivity (Wildman–Crippen MR) is 140 cm³/mol. The van der Waals surface area contributed by atoms with E-state index in [-0.39, 0.29) is 11.8 Å². The minimum absolute atomic E-state index is 0.0633. The number of nitrogens with zero attached hydrogens (tertiary/aromatic N) is 1.